The van der Waals surface area contributed by atoms with Crippen molar-refractivity contribution in [3.63, 3.8) is 0 Å². The maximum Gasteiger partial charge on any atom is 0.254 e. The second-order valence-electron chi connectivity index (χ2n) is 7.22. The summed E-state index contributed by atoms with van der Waals surface area (Å²) in [6.07, 6.45) is 3.98. The first kappa shape index (κ1) is 16.0. The van der Waals surface area contributed by atoms with Crippen LogP contribution < -0.4 is 5.56 Å². The normalized spacial score (nSPS) is 16.5. The molecule has 0 radical (unpaired) electrons. The highest BCUT2D eigenvalue weighted by Crippen LogP contribution is 2.26. The van der Waals surface area contributed by atoms with Crippen molar-refractivity contribution in [3.05, 3.63) is 73.3 Å². The van der Waals surface area contributed by atoms with Crippen LogP contribution in [0.3, 0.4) is 0 Å². The lowest BCUT2D eigenvalue weighted by Gasteiger charge is -2.26. The van der Waals surface area contributed by atoms with Gasteiger partial charge in [-0.25, -0.2) is 4.98 Å². The molecular formula is C21H21N3OS. The molecule has 1 aliphatic carbocycles. The molecule has 0 saturated carbocycles. The van der Waals surface area contributed by atoms with Gasteiger partial charge in [-0.3, -0.25) is 9.69 Å². The number of H-pyrrole nitrogens is 1. The van der Waals surface area contributed by atoms with Crippen LogP contribution in [0, 0.1) is 0 Å². The molecule has 3 heterocycles. The lowest BCUT2D eigenvalue weighted by Crippen LogP contribution is -2.29. The molecule has 26 heavy (non-hydrogen) atoms. The molecule has 2 aliphatic rings. The Balaban J connectivity index is 1.34. The van der Waals surface area contributed by atoms with E-state index in [-0.39, 0.29) is 5.56 Å². The zero-order valence-corrected chi connectivity index (χ0v) is 15.4. The van der Waals surface area contributed by atoms with Gasteiger partial charge in [-0.2, -0.15) is 0 Å². The number of benzene rings is 1. The van der Waals surface area contributed by atoms with Gasteiger partial charge in [0, 0.05) is 35.6 Å². The first-order valence-electron chi connectivity index (χ1n) is 9.25. The predicted octanol–water partition coefficient (Wildman–Crippen LogP) is 3.55. The number of aromatic amines is 1. The predicted molar refractivity (Wildman–Crippen MR) is 104 cm³/mol. The topological polar surface area (TPSA) is 49.0 Å². The Morgan fingerprint density at radius 3 is 2.88 bits per heavy atom. The third-order valence-corrected chi connectivity index (χ3v) is 6.48. The van der Waals surface area contributed by atoms with Gasteiger partial charge in [0.15, 0.2) is 0 Å². The molecule has 132 valence electrons. The Morgan fingerprint density at radius 2 is 2.00 bits per heavy atom. The molecule has 4 nitrogen and oxygen atoms in total. The molecule has 5 rings (SSSR count). The first-order chi connectivity index (χ1) is 12.8. The number of nitrogens with one attached hydrogen (secondary N) is 1. The summed E-state index contributed by atoms with van der Waals surface area (Å²) in [5, 5.41) is 2.20. The third kappa shape index (κ3) is 2.91. The molecule has 0 unspecified atom stereocenters. The van der Waals surface area contributed by atoms with Crippen molar-refractivity contribution in [3.8, 4) is 11.4 Å². The van der Waals surface area contributed by atoms with Gasteiger partial charge in [0.1, 0.15) is 5.82 Å². The Bertz CT molecular complexity index is 1000. The van der Waals surface area contributed by atoms with Gasteiger partial charge >= 0.3 is 0 Å². The number of thiophene rings is 1. The number of nitrogens with zero attached hydrogens (tertiary/aromatic N) is 2. The quantitative estimate of drug-likeness (QED) is 0.774. The minimum atomic E-state index is 0.0338. The second kappa shape index (κ2) is 6.49. The summed E-state index contributed by atoms with van der Waals surface area (Å²) < 4.78 is 0. The van der Waals surface area contributed by atoms with E-state index in [2.05, 4.69) is 50.6 Å². The number of aryl methyl sites for hydroxylation is 1. The average Bonchev–Trinajstić information content (AvgIpc) is 3.31. The summed E-state index contributed by atoms with van der Waals surface area (Å²) in [6, 6.07) is 10.7. The number of fused-ring (bicyclic) bond motifs is 2. The van der Waals surface area contributed by atoms with E-state index in [4.69, 9.17) is 0 Å². The number of hydrogen-bond acceptors (Lipinski definition) is 4. The average molecular weight is 363 g/mol. The van der Waals surface area contributed by atoms with Crippen LogP contribution in [0.4, 0.5) is 0 Å². The van der Waals surface area contributed by atoms with Crippen LogP contribution in [0.5, 0.6) is 0 Å². The zero-order valence-electron chi connectivity index (χ0n) is 14.6. The lowest BCUT2D eigenvalue weighted by molar-refractivity contribution is 0.247. The summed E-state index contributed by atoms with van der Waals surface area (Å²) in [5.41, 5.74) is 5.66. The minimum absolute atomic E-state index is 0.0338. The molecule has 0 atom stereocenters. The Hall–Kier alpha value is -2.24. The van der Waals surface area contributed by atoms with Crippen molar-refractivity contribution in [2.75, 3.05) is 6.54 Å². The molecule has 3 aromatic rings. The van der Waals surface area contributed by atoms with Gasteiger partial charge in [-0.05, 0) is 48.3 Å². The first-order valence-corrected chi connectivity index (χ1v) is 10.1. The van der Waals surface area contributed by atoms with Crippen LogP contribution in [0.1, 0.15) is 33.7 Å². The van der Waals surface area contributed by atoms with E-state index in [1.54, 1.807) is 4.88 Å². The largest absolute Gasteiger partial charge is 0.306 e. The van der Waals surface area contributed by atoms with E-state index >= 15 is 0 Å². The molecule has 0 fully saturated rings. The molecule has 0 amide bonds. The minimum Gasteiger partial charge on any atom is -0.306 e. The van der Waals surface area contributed by atoms with Crippen LogP contribution in [0.25, 0.3) is 11.4 Å². The van der Waals surface area contributed by atoms with Gasteiger partial charge < -0.3 is 4.98 Å². The van der Waals surface area contributed by atoms with Crippen LogP contribution in [0.15, 0.2) is 40.5 Å². The SMILES string of the molecule is O=c1[nH]c(-c2ccc(CN3CCc4sccc4C3)cc2)nc2c1CCC2. The monoisotopic (exact) mass is 363 g/mol. The van der Waals surface area contributed by atoms with Crippen molar-refractivity contribution in [1.82, 2.24) is 14.9 Å². The van der Waals surface area contributed by atoms with Crippen LogP contribution >= 0.6 is 11.3 Å². The van der Waals surface area contributed by atoms with Gasteiger partial charge in [0.05, 0.1) is 5.69 Å². The zero-order chi connectivity index (χ0) is 17.5. The van der Waals surface area contributed by atoms with Crippen molar-refractivity contribution in [2.24, 2.45) is 0 Å². The molecule has 1 aromatic carbocycles. The van der Waals surface area contributed by atoms with Crippen LogP contribution in [-0.2, 0) is 32.4 Å². The van der Waals surface area contributed by atoms with E-state index in [0.29, 0.717) is 5.82 Å². The van der Waals surface area contributed by atoms with Gasteiger partial charge in [-0.15, -0.1) is 11.3 Å². The summed E-state index contributed by atoms with van der Waals surface area (Å²) in [4.78, 5) is 23.9. The summed E-state index contributed by atoms with van der Waals surface area (Å²) in [5.74, 6) is 0.697. The maximum absolute atomic E-state index is 12.2. The molecule has 5 heteroatoms. The summed E-state index contributed by atoms with van der Waals surface area (Å²) >= 11 is 1.88. The smallest absolute Gasteiger partial charge is 0.254 e. The second-order valence-corrected chi connectivity index (χ2v) is 8.22. The highest BCUT2D eigenvalue weighted by atomic mass is 32.1. The van der Waals surface area contributed by atoms with Crippen molar-refractivity contribution in [1.29, 1.82) is 0 Å². The van der Waals surface area contributed by atoms with Crippen molar-refractivity contribution < 1.29 is 0 Å². The van der Waals surface area contributed by atoms with E-state index in [1.807, 2.05) is 11.3 Å². The van der Waals surface area contributed by atoms with Gasteiger partial charge in [-0.1, -0.05) is 24.3 Å². The Labute approximate surface area is 156 Å². The fraction of sp³-hybridized carbons (Fsp3) is 0.333. The highest BCUT2D eigenvalue weighted by molar-refractivity contribution is 7.10. The van der Waals surface area contributed by atoms with E-state index < -0.39 is 0 Å². The summed E-state index contributed by atoms with van der Waals surface area (Å²) in [7, 11) is 0. The molecule has 2 aromatic heterocycles. The fourth-order valence-electron chi connectivity index (χ4n) is 4.05. The van der Waals surface area contributed by atoms with Crippen LogP contribution in [-0.4, -0.2) is 21.4 Å². The van der Waals surface area contributed by atoms with Gasteiger partial charge in [0.2, 0.25) is 0 Å². The Kier molecular flexibility index (Phi) is 3.98. The van der Waals surface area contributed by atoms with Gasteiger partial charge in [0.25, 0.3) is 5.56 Å². The molecule has 0 spiro atoms. The molecule has 1 N–H and O–H groups in total. The lowest BCUT2D eigenvalue weighted by atomic mass is 10.1. The molecular weight excluding hydrogens is 342 g/mol. The standard InChI is InChI=1S/C21H21N3OS/c25-21-17-2-1-3-18(17)22-20(23-21)15-6-4-14(5-7-15)12-24-10-8-19-16(13-24)9-11-26-19/h4-7,9,11H,1-3,8,10,12-13H2,(H,22,23,25). The Morgan fingerprint density at radius 1 is 1.12 bits per heavy atom. The van der Waals surface area contributed by atoms with E-state index in [1.165, 1.54) is 11.1 Å². The van der Waals surface area contributed by atoms with Crippen molar-refractivity contribution in [2.45, 2.75) is 38.8 Å². The molecule has 1 aliphatic heterocycles. The maximum atomic E-state index is 12.2. The summed E-state index contributed by atoms with van der Waals surface area (Å²) in [6.45, 7) is 3.12. The third-order valence-electron chi connectivity index (χ3n) is 5.46. The highest BCUT2D eigenvalue weighted by Gasteiger charge is 2.19. The van der Waals surface area contributed by atoms with Crippen LogP contribution in [0.2, 0.25) is 0 Å². The van der Waals surface area contributed by atoms with E-state index in [9.17, 15) is 4.79 Å². The molecule has 0 bridgehead atoms. The van der Waals surface area contributed by atoms with E-state index in [0.717, 1.165) is 62.1 Å². The van der Waals surface area contributed by atoms with Crippen molar-refractivity contribution >= 4 is 11.3 Å². The number of hydrogen-bond donors (Lipinski definition) is 1. The fourth-order valence-corrected chi connectivity index (χ4v) is 4.94. The molecule has 0 saturated heterocycles. The number of rotatable bonds is 3. The number of aromatic nitrogens is 2.